The number of nitrogens with one attached hydrogen (secondary N) is 2. The van der Waals surface area contributed by atoms with Gasteiger partial charge in [-0.15, -0.1) is 0 Å². The number of rotatable bonds is 9. The highest BCUT2D eigenvalue weighted by Crippen LogP contribution is 2.28. The summed E-state index contributed by atoms with van der Waals surface area (Å²) in [6, 6.07) is 5.41. The molecule has 2 rings (SSSR count). The monoisotopic (exact) mass is 334 g/mol. The smallest absolute Gasteiger partial charge is 0.251 e. The van der Waals surface area contributed by atoms with Gasteiger partial charge >= 0.3 is 0 Å². The summed E-state index contributed by atoms with van der Waals surface area (Å²) < 4.78 is 11.4. The van der Waals surface area contributed by atoms with Gasteiger partial charge in [-0.1, -0.05) is 13.3 Å². The zero-order valence-electron chi connectivity index (χ0n) is 14.9. The molecule has 134 valence electrons. The summed E-state index contributed by atoms with van der Waals surface area (Å²) in [6.45, 7) is 8.04. The molecular formula is C19H30N2O3. The van der Waals surface area contributed by atoms with Gasteiger partial charge in [-0.3, -0.25) is 4.79 Å². The molecule has 1 saturated heterocycles. The fourth-order valence-corrected chi connectivity index (χ4v) is 2.80. The summed E-state index contributed by atoms with van der Waals surface area (Å²) in [4.78, 5) is 12.4. The van der Waals surface area contributed by atoms with Gasteiger partial charge in [0.05, 0.1) is 13.2 Å². The van der Waals surface area contributed by atoms with E-state index in [0.717, 1.165) is 25.9 Å². The van der Waals surface area contributed by atoms with Crippen LogP contribution in [0.25, 0.3) is 0 Å². The van der Waals surface area contributed by atoms with Crippen molar-refractivity contribution in [1.82, 2.24) is 10.6 Å². The molecule has 1 aliphatic heterocycles. The lowest BCUT2D eigenvalue weighted by molar-refractivity contribution is 0.0944. The fourth-order valence-electron chi connectivity index (χ4n) is 2.80. The van der Waals surface area contributed by atoms with E-state index in [1.807, 2.05) is 13.0 Å². The van der Waals surface area contributed by atoms with Gasteiger partial charge in [-0.25, -0.2) is 0 Å². The van der Waals surface area contributed by atoms with E-state index in [-0.39, 0.29) is 5.91 Å². The minimum absolute atomic E-state index is 0.0540. The van der Waals surface area contributed by atoms with E-state index < -0.39 is 0 Å². The van der Waals surface area contributed by atoms with Crippen LogP contribution in [0.2, 0.25) is 0 Å². The van der Waals surface area contributed by atoms with E-state index in [0.29, 0.717) is 42.7 Å². The van der Waals surface area contributed by atoms with Crippen LogP contribution in [0.15, 0.2) is 18.2 Å². The van der Waals surface area contributed by atoms with E-state index in [2.05, 4.69) is 17.6 Å². The number of carbonyl (C=O) groups is 1. The van der Waals surface area contributed by atoms with Crippen LogP contribution < -0.4 is 20.1 Å². The number of ether oxygens (including phenoxy) is 2. The van der Waals surface area contributed by atoms with Gasteiger partial charge in [0.25, 0.3) is 5.91 Å². The van der Waals surface area contributed by atoms with E-state index in [9.17, 15) is 4.79 Å². The third kappa shape index (κ3) is 5.71. The van der Waals surface area contributed by atoms with Crippen LogP contribution in [0.1, 0.15) is 49.9 Å². The first-order chi connectivity index (χ1) is 11.7. The predicted molar refractivity (Wildman–Crippen MR) is 95.9 cm³/mol. The number of hydrogen-bond donors (Lipinski definition) is 2. The molecule has 0 radical (unpaired) electrons. The van der Waals surface area contributed by atoms with E-state index in [4.69, 9.17) is 9.47 Å². The zero-order valence-corrected chi connectivity index (χ0v) is 14.9. The number of amides is 1. The second-order valence-electron chi connectivity index (χ2n) is 6.22. The lowest BCUT2D eigenvalue weighted by Gasteiger charge is -2.23. The maximum Gasteiger partial charge on any atom is 0.251 e. The number of unbranched alkanes of at least 4 members (excludes halogenated alkanes) is 1. The van der Waals surface area contributed by atoms with Crippen molar-refractivity contribution < 1.29 is 14.3 Å². The van der Waals surface area contributed by atoms with E-state index in [1.54, 1.807) is 12.1 Å². The highest BCUT2D eigenvalue weighted by atomic mass is 16.5. The average Bonchev–Trinajstić information content (AvgIpc) is 2.62. The molecule has 0 bridgehead atoms. The van der Waals surface area contributed by atoms with Gasteiger partial charge in [-0.05, 0) is 63.4 Å². The maximum atomic E-state index is 12.4. The van der Waals surface area contributed by atoms with Crippen molar-refractivity contribution >= 4 is 5.91 Å². The molecule has 0 aromatic heterocycles. The number of piperidine rings is 1. The molecular weight excluding hydrogens is 304 g/mol. The van der Waals surface area contributed by atoms with Gasteiger partial charge < -0.3 is 20.1 Å². The molecule has 0 aliphatic carbocycles. The molecule has 1 fully saturated rings. The standard InChI is InChI=1S/C19H30N2O3/c1-3-5-11-24-17-9-8-16(12-18(17)23-4-2)19(22)21-14-15-7-6-10-20-13-15/h8-9,12,15,20H,3-7,10-11,13-14H2,1-2H3,(H,21,22). The Labute approximate surface area is 145 Å². The van der Waals surface area contributed by atoms with Crippen molar-refractivity contribution in [2.24, 2.45) is 5.92 Å². The average molecular weight is 334 g/mol. The van der Waals surface area contributed by atoms with Crippen LogP contribution in [0.3, 0.4) is 0 Å². The molecule has 1 aliphatic rings. The summed E-state index contributed by atoms with van der Waals surface area (Å²) in [5.41, 5.74) is 0.616. The van der Waals surface area contributed by atoms with Crippen molar-refractivity contribution in [3.8, 4) is 11.5 Å². The topological polar surface area (TPSA) is 59.6 Å². The van der Waals surface area contributed by atoms with E-state index >= 15 is 0 Å². The summed E-state index contributed by atoms with van der Waals surface area (Å²) in [5.74, 6) is 1.81. The second kappa shape index (κ2) is 10.2. The van der Waals surface area contributed by atoms with Crippen LogP contribution in [0, 0.1) is 5.92 Å². The van der Waals surface area contributed by atoms with Crippen molar-refractivity contribution in [2.45, 2.75) is 39.5 Å². The van der Waals surface area contributed by atoms with Gasteiger partial charge in [0.2, 0.25) is 0 Å². The summed E-state index contributed by atoms with van der Waals surface area (Å²) >= 11 is 0. The van der Waals surface area contributed by atoms with Gasteiger partial charge in [0, 0.05) is 12.1 Å². The SMILES string of the molecule is CCCCOc1ccc(C(=O)NCC2CCCNC2)cc1OCC. The predicted octanol–water partition coefficient (Wildman–Crippen LogP) is 2.99. The Morgan fingerprint density at radius 3 is 2.88 bits per heavy atom. The molecule has 5 nitrogen and oxygen atoms in total. The Hall–Kier alpha value is -1.75. The Kier molecular flexibility index (Phi) is 7.89. The molecule has 24 heavy (non-hydrogen) atoms. The number of benzene rings is 1. The molecule has 1 aromatic carbocycles. The van der Waals surface area contributed by atoms with Crippen molar-refractivity contribution in [1.29, 1.82) is 0 Å². The van der Waals surface area contributed by atoms with Crippen LogP contribution >= 0.6 is 0 Å². The summed E-state index contributed by atoms with van der Waals surface area (Å²) in [7, 11) is 0. The first-order valence-electron chi connectivity index (χ1n) is 9.13. The molecule has 1 amide bonds. The minimum Gasteiger partial charge on any atom is -0.490 e. The molecule has 5 heteroatoms. The minimum atomic E-state index is -0.0540. The van der Waals surface area contributed by atoms with Gasteiger partial charge in [-0.2, -0.15) is 0 Å². The first-order valence-corrected chi connectivity index (χ1v) is 9.13. The Morgan fingerprint density at radius 2 is 2.17 bits per heavy atom. The Morgan fingerprint density at radius 1 is 1.29 bits per heavy atom. The molecule has 1 atom stereocenters. The van der Waals surface area contributed by atoms with E-state index in [1.165, 1.54) is 12.8 Å². The highest BCUT2D eigenvalue weighted by molar-refractivity contribution is 5.94. The van der Waals surface area contributed by atoms with Crippen LogP contribution in [0.4, 0.5) is 0 Å². The molecule has 2 N–H and O–H groups in total. The third-order valence-corrected chi connectivity index (χ3v) is 4.21. The highest BCUT2D eigenvalue weighted by Gasteiger charge is 2.16. The molecule has 0 saturated carbocycles. The molecule has 0 spiro atoms. The molecule has 1 aromatic rings. The second-order valence-corrected chi connectivity index (χ2v) is 6.22. The van der Waals surface area contributed by atoms with Crippen LogP contribution in [0.5, 0.6) is 11.5 Å². The van der Waals surface area contributed by atoms with Crippen molar-refractivity contribution in [2.75, 3.05) is 32.8 Å². The Bertz CT molecular complexity index is 513. The number of carbonyl (C=O) groups excluding carboxylic acids is 1. The lowest BCUT2D eigenvalue weighted by atomic mass is 9.99. The molecule has 1 unspecified atom stereocenters. The Balaban J connectivity index is 1.95. The van der Waals surface area contributed by atoms with Crippen LogP contribution in [-0.2, 0) is 0 Å². The summed E-state index contributed by atoms with van der Waals surface area (Å²) in [5, 5.41) is 6.40. The number of hydrogen-bond acceptors (Lipinski definition) is 4. The van der Waals surface area contributed by atoms with Crippen LogP contribution in [-0.4, -0.2) is 38.8 Å². The zero-order chi connectivity index (χ0) is 17.2. The first kappa shape index (κ1) is 18.6. The quantitative estimate of drug-likeness (QED) is 0.682. The van der Waals surface area contributed by atoms with Gasteiger partial charge in [0.15, 0.2) is 11.5 Å². The molecule has 1 heterocycles. The van der Waals surface area contributed by atoms with Crippen molar-refractivity contribution in [3.63, 3.8) is 0 Å². The normalized spacial score (nSPS) is 17.3. The summed E-state index contributed by atoms with van der Waals surface area (Å²) in [6.07, 6.45) is 4.43. The maximum absolute atomic E-state index is 12.4. The lowest BCUT2D eigenvalue weighted by Crippen LogP contribution is -2.38. The van der Waals surface area contributed by atoms with Gasteiger partial charge in [0.1, 0.15) is 0 Å². The van der Waals surface area contributed by atoms with Crippen molar-refractivity contribution in [3.05, 3.63) is 23.8 Å². The third-order valence-electron chi connectivity index (χ3n) is 4.21. The largest absolute Gasteiger partial charge is 0.490 e. The fraction of sp³-hybridized carbons (Fsp3) is 0.632.